The number of likely N-dealkylation sites (tertiary alicyclic amines) is 1. The molecule has 0 bridgehead atoms. The van der Waals surface area contributed by atoms with Gasteiger partial charge < -0.3 is 9.64 Å². The topological polar surface area (TPSA) is 46.6 Å². The number of carbonyl (C=O) groups excluding carboxylic acids is 2. The first kappa shape index (κ1) is 13.7. The smallest absolute Gasteiger partial charge is 0.310 e. The zero-order valence-electron chi connectivity index (χ0n) is 11.0. The predicted octanol–water partition coefficient (Wildman–Crippen LogP) is 1.61. The summed E-state index contributed by atoms with van der Waals surface area (Å²) in [7, 11) is 1.39. The number of carbonyl (C=O) groups is 2. The van der Waals surface area contributed by atoms with Crippen LogP contribution in [0.15, 0.2) is 11.6 Å². The van der Waals surface area contributed by atoms with Crippen molar-refractivity contribution in [3.63, 3.8) is 0 Å². The van der Waals surface area contributed by atoms with Crippen LogP contribution in [-0.4, -0.2) is 37.0 Å². The third kappa shape index (κ3) is 3.08. The Morgan fingerprint density at radius 2 is 2.06 bits per heavy atom. The minimum absolute atomic E-state index is 0.0325. The average molecular weight is 239 g/mol. The van der Waals surface area contributed by atoms with E-state index < -0.39 is 0 Å². The number of nitrogens with zero attached hydrogens (tertiary/aromatic N) is 1. The maximum Gasteiger partial charge on any atom is 0.310 e. The van der Waals surface area contributed by atoms with Crippen LogP contribution in [0.5, 0.6) is 0 Å². The molecule has 1 saturated heterocycles. The fourth-order valence-electron chi connectivity index (χ4n) is 2.23. The second-order valence-corrected chi connectivity index (χ2v) is 4.61. The molecular formula is C13H21NO3. The Hall–Kier alpha value is -1.32. The van der Waals surface area contributed by atoms with Gasteiger partial charge in [0, 0.05) is 18.7 Å². The van der Waals surface area contributed by atoms with E-state index in [1.807, 2.05) is 26.8 Å². The van der Waals surface area contributed by atoms with Crippen LogP contribution in [0.2, 0.25) is 0 Å². The number of hydrogen-bond donors (Lipinski definition) is 0. The summed E-state index contributed by atoms with van der Waals surface area (Å²) < 4.78 is 4.75. The van der Waals surface area contributed by atoms with Gasteiger partial charge in [0.2, 0.25) is 5.91 Å². The van der Waals surface area contributed by atoms with Crippen LogP contribution in [0, 0.1) is 11.8 Å². The average Bonchev–Trinajstić information content (AvgIpc) is 2.69. The van der Waals surface area contributed by atoms with Crippen LogP contribution in [0.25, 0.3) is 0 Å². The molecule has 0 aromatic carbocycles. The molecule has 0 aromatic rings. The fourth-order valence-corrected chi connectivity index (χ4v) is 2.23. The Kier molecular flexibility index (Phi) is 4.73. The van der Waals surface area contributed by atoms with Gasteiger partial charge in [0.25, 0.3) is 0 Å². The molecule has 4 heteroatoms. The highest BCUT2D eigenvalue weighted by atomic mass is 16.5. The summed E-state index contributed by atoms with van der Waals surface area (Å²) in [5.41, 5.74) is 0.755. The quantitative estimate of drug-likeness (QED) is 0.555. The van der Waals surface area contributed by atoms with E-state index in [0.29, 0.717) is 13.1 Å². The van der Waals surface area contributed by atoms with Crippen molar-refractivity contribution in [2.75, 3.05) is 20.2 Å². The van der Waals surface area contributed by atoms with Crippen LogP contribution in [0.3, 0.4) is 0 Å². The van der Waals surface area contributed by atoms with Gasteiger partial charge in [0.15, 0.2) is 0 Å². The highest BCUT2D eigenvalue weighted by molar-refractivity contribution is 5.93. The van der Waals surface area contributed by atoms with Crippen LogP contribution in [-0.2, 0) is 14.3 Å². The van der Waals surface area contributed by atoms with Crippen molar-refractivity contribution < 1.29 is 14.3 Å². The van der Waals surface area contributed by atoms with Crippen molar-refractivity contribution in [1.29, 1.82) is 0 Å². The molecule has 1 fully saturated rings. The lowest BCUT2D eigenvalue weighted by Gasteiger charge is -2.16. The fraction of sp³-hybridized carbons (Fsp3) is 0.692. The van der Waals surface area contributed by atoms with Gasteiger partial charge >= 0.3 is 5.97 Å². The van der Waals surface area contributed by atoms with Crippen LogP contribution in [0.1, 0.15) is 27.2 Å². The molecule has 0 aliphatic carbocycles. The van der Waals surface area contributed by atoms with Gasteiger partial charge in [-0.15, -0.1) is 0 Å². The van der Waals surface area contributed by atoms with E-state index in [0.717, 1.165) is 12.0 Å². The van der Waals surface area contributed by atoms with E-state index in [9.17, 15) is 9.59 Å². The monoisotopic (exact) mass is 239 g/mol. The molecule has 17 heavy (non-hydrogen) atoms. The van der Waals surface area contributed by atoms with Gasteiger partial charge in [-0.25, -0.2) is 0 Å². The molecule has 1 aliphatic rings. The number of esters is 1. The second-order valence-electron chi connectivity index (χ2n) is 4.61. The Labute approximate surface area is 103 Å². The van der Waals surface area contributed by atoms with Gasteiger partial charge in [-0.05, 0) is 19.3 Å². The zero-order valence-corrected chi connectivity index (χ0v) is 11.0. The van der Waals surface area contributed by atoms with E-state index in [1.54, 1.807) is 4.90 Å². The lowest BCUT2D eigenvalue weighted by molar-refractivity contribution is -0.146. The van der Waals surface area contributed by atoms with E-state index in [4.69, 9.17) is 4.74 Å². The summed E-state index contributed by atoms with van der Waals surface area (Å²) in [5.74, 6) is -0.200. The number of amides is 1. The summed E-state index contributed by atoms with van der Waals surface area (Å²) in [5, 5.41) is 0. The van der Waals surface area contributed by atoms with E-state index in [2.05, 4.69) is 0 Å². The van der Waals surface area contributed by atoms with Crippen LogP contribution < -0.4 is 0 Å². The molecule has 4 nitrogen and oxygen atoms in total. The van der Waals surface area contributed by atoms with Crippen molar-refractivity contribution in [3.8, 4) is 0 Å². The number of ether oxygens (including phenoxy) is 1. The van der Waals surface area contributed by atoms with Crippen molar-refractivity contribution in [2.24, 2.45) is 11.8 Å². The molecule has 1 amide bonds. The number of hydrogen-bond acceptors (Lipinski definition) is 3. The molecule has 0 aromatic heterocycles. The third-order valence-corrected chi connectivity index (χ3v) is 3.25. The molecule has 1 rings (SSSR count). The van der Waals surface area contributed by atoms with Gasteiger partial charge in [-0.3, -0.25) is 9.59 Å². The summed E-state index contributed by atoms with van der Waals surface area (Å²) in [6.07, 6.45) is 2.76. The van der Waals surface area contributed by atoms with E-state index in [-0.39, 0.29) is 23.7 Å². The summed E-state index contributed by atoms with van der Waals surface area (Å²) >= 11 is 0. The Bertz CT molecular complexity index is 336. The molecule has 2 atom stereocenters. The number of allylic oxidation sites excluding steroid dienone is 1. The van der Waals surface area contributed by atoms with Crippen molar-refractivity contribution in [2.45, 2.75) is 27.2 Å². The Balaban J connectivity index is 2.69. The normalized spacial score (nSPS) is 24.9. The number of methoxy groups -OCH3 is 1. The maximum absolute atomic E-state index is 12.0. The molecular weight excluding hydrogens is 218 g/mol. The predicted molar refractivity (Wildman–Crippen MR) is 65.3 cm³/mol. The molecule has 0 radical (unpaired) electrons. The Morgan fingerprint density at radius 1 is 1.41 bits per heavy atom. The van der Waals surface area contributed by atoms with Crippen molar-refractivity contribution in [1.82, 2.24) is 4.90 Å². The second kappa shape index (κ2) is 5.84. The lowest BCUT2D eigenvalue weighted by atomic mass is 9.99. The largest absolute Gasteiger partial charge is 0.469 e. The summed E-state index contributed by atoms with van der Waals surface area (Å²) in [6.45, 7) is 6.91. The lowest BCUT2D eigenvalue weighted by Crippen LogP contribution is -2.30. The standard InChI is InChI=1S/C13H21NO3/c1-5-6-9(2)12(15)14-7-10(3)11(8-14)13(16)17-4/h6,10-11H,5,7-8H2,1-4H3. The molecule has 0 saturated carbocycles. The first-order chi connectivity index (χ1) is 8.01. The first-order valence-corrected chi connectivity index (χ1v) is 6.05. The third-order valence-electron chi connectivity index (χ3n) is 3.25. The molecule has 1 aliphatic heterocycles. The van der Waals surface area contributed by atoms with Crippen LogP contribution in [0.4, 0.5) is 0 Å². The Morgan fingerprint density at radius 3 is 2.59 bits per heavy atom. The summed E-state index contributed by atoms with van der Waals surface area (Å²) in [6, 6.07) is 0. The van der Waals surface area contributed by atoms with E-state index >= 15 is 0 Å². The molecule has 0 spiro atoms. The SMILES string of the molecule is CCC=C(C)C(=O)N1CC(C)C(C(=O)OC)C1. The van der Waals surface area contributed by atoms with Gasteiger partial charge in [-0.2, -0.15) is 0 Å². The zero-order chi connectivity index (χ0) is 13.0. The minimum atomic E-state index is -0.218. The van der Waals surface area contributed by atoms with Crippen molar-refractivity contribution in [3.05, 3.63) is 11.6 Å². The molecule has 1 heterocycles. The molecule has 0 N–H and O–H groups in total. The van der Waals surface area contributed by atoms with Gasteiger partial charge in [-0.1, -0.05) is 19.9 Å². The van der Waals surface area contributed by atoms with Crippen LogP contribution >= 0.6 is 0 Å². The number of rotatable bonds is 3. The van der Waals surface area contributed by atoms with Gasteiger partial charge in [0.05, 0.1) is 13.0 Å². The molecule has 96 valence electrons. The maximum atomic E-state index is 12.0. The summed E-state index contributed by atoms with van der Waals surface area (Å²) in [4.78, 5) is 25.3. The van der Waals surface area contributed by atoms with Crippen molar-refractivity contribution >= 4 is 11.9 Å². The highest BCUT2D eigenvalue weighted by Gasteiger charge is 2.37. The molecule has 2 unspecified atom stereocenters. The first-order valence-electron chi connectivity index (χ1n) is 6.05. The minimum Gasteiger partial charge on any atom is -0.469 e. The highest BCUT2D eigenvalue weighted by Crippen LogP contribution is 2.25. The van der Waals surface area contributed by atoms with Gasteiger partial charge in [0.1, 0.15) is 0 Å². The van der Waals surface area contributed by atoms with E-state index in [1.165, 1.54) is 7.11 Å².